The monoisotopic (exact) mass is 396 g/mol. The number of methoxy groups -OCH3 is 1. The van der Waals surface area contributed by atoms with Crippen LogP contribution in [0.5, 0.6) is 5.75 Å². The maximum absolute atomic E-state index is 14.1. The molecule has 7 heteroatoms. The minimum Gasteiger partial charge on any atom is -0.495 e. The van der Waals surface area contributed by atoms with Crippen molar-refractivity contribution in [1.82, 2.24) is 4.81 Å². The van der Waals surface area contributed by atoms with Gasteiger partial charge in [0.05, 0.1) is 17.3 Å². The molecule has 2 unspecified atom stereocenters. The van der Waals surface area contributed by atoms with E-state index in [1.165, 1.54) is 6.07 Å². The van der Waals surface area contributed by atoms with Crippen LogP contribution in [-0.4, -0.2) is 44.4 Å². The highest BCUT2D eigenvalue weighted by molar-refractivity contribution is 9.10. The SMILES string of the molecule is CCBN1CCC2C(CCC(=O)N2c2cc(F)c(Br)cc2OC)C1. The van der Waals surface area contributed by atoms with Gasteiger partial charge in [0.25, 0.3) is 0 Å². The normalized spacial score (nSPS) is 24.7. The van der Waals surface area contributed by atoms with Gasteiger partial charge in [0, 0.05) is 18.5 Å². The number of carbonyl (C=O) groups excluding carboxylic acids is 1. The van der Waals surface area contributed by atoms with E-state index >= 15 is 0 Å². The van der Waals surface area contributed by atoms with E-state index in [1.807, 2.05) is 0 Å². The zero-order chi connectivity index (χ0) is 17.3. The molecular weight excluding hydrogens is 374 g/mol. The molecule has 0 aromatic heterocycles. The van der Waals surface area contributed by atoms with Crippen LogP contribution in [0.2, 0.25) is 6.32 Å². The largest absolute Gasteiger partial charge is 0.495 e. The molecule has 0 aliphatic carbocycles. The predicted octanol–water partition coefficient (Wildman–Crippen LogP) is 3.20. The number of carbonyl (C=O) groups is 1. The number of rotatable bonds is 4. The van der Waals surface area contributed by atoms with Crippen LogP contribution in [0.1, 0.15) is 26.2 Å². The Bertz CT molecular complexity index is 631. The van der Waals surface area contributed by atoms with E-state index in [0.717, 1.165) is 39.7 Å². The first kappa shape index (κ1) is 17.7. The minimum absolute atomic E-state index is 0.0696. The fraction of sp³-hybridized carbons (Fsp3) is 0.588. The van der Waals surface area contributed by atoms with Crippen molar-refractivity contribution in [3.05, 3.63) is 22.4 Å². The number of hydrogen-bond donors (Lipinski definition) is 0. The number of anilines is 1. The fourth-order valence-electron chi connectivity index (χ4n) is 4.04. The molecule has 0 spiro atoms. The lowest BCUT2D eigenvalue weighted by Crippen LogP contribution is -2.56. The lowest BCUT2D eigenvalue weighted by atomic mass is 9.77. The van der Waals surface area contributed by atoms with Gasteiger partial charge in [-0.1, -0.05) is 13.2 Å². The number of fused-ring (bicyclic) bond motifs is 1. The Morgan fingerprint density at radius 3 is 2.92 bits per heavy atom. The Balaban J connectivity index is 1.92. The Labute approximate surface area is 151 Å². The number of amides is 1. The van der Waals surface area contributed by atoms with E-state index < -0.39 is 0 Å². The van der Waals surface area contributed by atoms with Crippen molar-refractivity contribution >= 4 is 34.9 Å². The average Bonchev–Trinajstić information content (AvgIpc) is 2.57. The molecule has 130 valence electrons. The van der Waals surface area contributed by atoms with Gasteiger partial charge in [-0.25, -0.2) is 4.39 Å². The summed E-state index contributed by atoms with van der Waals surface area (Å²) in [6.45, 7) is 4.20. The first-order chi connectivity index (χ1) is 11.5. The molecular formula is C17H23BBrFN2O2. The van der Waals surface area contributed by atoms with Gasteiger partial charge in [0.15, 0.2) is 0 Å². The topological polar surface area (TPSA) is 32.8 Å². The van der Waals surface area contributed by atoms with Crippen molar-refractivity contribution in [3.8, 4) is 5.75 Å². The summed E-state index contributed by atoms with van der Waals surface area (Å²) in [5.74, 6) is 0.678. The van der Waals surface area contributed by atoms with Crippen LogP contribution in [0.25, 0.3) is 0 Å². The molecule has 2 atom stereocenters. The summed E-state index contributed by atoms with van der Waals surface area (Å²) >= 11 is 3.19. The molecule has 3 rings (SSSR count). The summed E-state index contributed by atoms with van der Waals surface area (Å²) in [5.41, 5.74) is 0.557. The van der Waals surface area contributed by atoms with Gasteiger partial charge in [-0.2, -0.15) is 0 Å². The number of halogens is 2. The third-order valence-electron chi connectivity index (χ3n) is 5.13. The molecule has 4 nitrogen and oxygen atoms in total. The minimum atomic E-state index is -0.371. The van der Waals surface area contributed by atoms with Crippen LogP contribution in [0, 0.1) is 11.7 Å². The summed E-state index contributed by atoms with van der Waals surface area (Å²) in [7, 11) is 2.66. The summed E-state index contributed by atoms with van der Waals surface area (Å²) < 4.78 is 19.9. The zero-order valence-electron chi connectivity index (χ0n) is 14.2. The van der Waals surface area contributed by atoms with Gasteiger partial charge < -0.3 is 14.4 Å². The van der Waals surface area contributed by atoms with Crippen molar-refractivity contribution in [3.63, 3.8) is 0 Å². The van der Waals surface area contributed by atoms with Crippen molar-refractivity contribution in [2.45, 2.75) is 38.5 Å². The first-order valence-electron chi connectivity index (χ1n) is 8.62. The van der Waals surface area contributed by atoms with E-state index in [9.17, 15) is 9.18 Å². The second-order valence-corrected chi connectivity index (χ2v) is 7.51. The highest BCUT2D eigenvalue weighted by Gasteiger charge is 2.40. The average molecular weight is 397 g/mol. The third-order valence-corrected chi connectivity index (χ3v) is 5.74. The number of nitrogens with zero attached hydrogens (tertiary/aromatic N) is 2. The molecule has 1 aromatic carbocycles. The summed E-state index contributed by atoms with van der Waals surface area (Å²) in [5, 5.41) is 0. The number of piperidine rings is 2. The molecule has 2 heterocycles. The van der Waals surface area contributed by atoms with Gasteiger partial charge in [0.2, 0.25) is 13.3 Å². The lowest BCUT2D eigenvalue weighted by molar-refractivity contribution is -0.121. The first-order valence-corrected chi connectivity index (χ1v) is 9.41. The summed E-state index contributed by atoms with van der Waals surface area (Å²) in [6.07, 6.45) is 3.51. The van der Waals surface area contributed by atoms with Crippen LogP contribution in [0.3, 0.4) is 0 Å². The van der Waals surface area contributed by atoms with Gasteiger partial charge in [0.1, 0.15) is 11.6 Å². The number of hydrogen-bond acceptors (Lipinski definition) is 3. The fourth-order valence-corrected chi connectivity index (χ4v) is 4.36. The van der Waals surface area contributed by atoms with E-state index in [1.54, 1.807) is 18.1 Å². The predicted molar refractivity (Wildman–Crippen MR) is 98.5 cm³/mol. The molecule has 0 saturated carbocycles. The third kappa shape index (κ3) is 3.33. The van der Waals surface area contributed by atoms with Crippen LogP contribution in [-0.2, 0) is 4.79 Å². The molecule has 2 aliphatic heterocycles. The van der Waals surface area contributed by atoms with Crippen LogP contribution in [0.4, 0.5) is 10.1 Å². The van der Waals surface area contributed by atoms with E-state index in [-0.39, 0.29) is 17.8 Å². The van der Waals surface area contributed by atoms with Crippen molar-refractivity contribution in [2.75, 3.05) is 25.1 Å². The molecule has 2 fully saturated rings. The standard InChI is InChI=1S/C17H23BBrFN2O2/c1-3-18-21-7-6-14-11(10-21)4-5-17(23)22(14)15-9-13(20)12(19)8-16(15)24-2/h8-9,11,14,18H,3-7,10H2,1-2H3. The molecule has 24 heavy (non-hydrogen) atoms. The lowest BCUT2D eigenvalue weighted by Gasteiger charge is -2.47. The second-order valence-electron chi connectivity index (χ2n) is 6.66. The maximum atomic E-state index is 14.1. The van der Waals surface area contributed by atoms with Crippen LogP contribution in [0.15, 0.2) is 16.6 Å². The Morgan fingerprint density at radius 1 is 1.42 bits per heavy atom. The number of ether oxygens (including phenoxy) is 1. The van der Waals surface area contributed by atoms with Gasteiger partial charge in [-0.3, -0.25) is 4.79 Å². The Kier molecular flexibility index (Phi) is 5.50. The van der Waals surface area contributed by atoms with E-state index in [2.05, 4.69) is 27.7 Å². The molecule has 2 saturated heterocycles. The smallest absolute Gasteiger partial charge is 0.227 e. The van der Waals surface area contributed by atoms with E-state index in [0.29, 0.717) is 28.2 Å². The van der Waals surface area contributed by atoms with Crippen LogP contribution < -0.4 is 9.64 Å². The second kappa shape index (κ2) is 7.44. The van der Waals surface area contributed by atoms with Gasteiger partial charge >= 0.3 is 0 Å². The van der Waals surface area contributed by atoms with Crippen molar-refractivity contribution < 1.29 is 13.9 Å². The molecule has 0 N–H and O–H groups in total. The van der Waals surface area contributed by atoms with Gasteiger partial charge in [-0.05, 0) is 53.8 Å². The van der Waals surface area contributed by atoms with E-state index in [4.69, 9.17) is 4.74 Å². The number of benzene rings is 1. The van der Waals surface area contributed by atoms with Crippen molar-refractivity contribution in [2.24, 2.45) is 5.92 Å². The molecule has 0 bridgehead atoms. The quantitative estimate of drug-likeness (QED) is 0.732. The molecule has 0 radical (unpaired) electrons. The van der Waals surface area contributed by atoms with Crippen LogP contribution >= 0.6 is 15.9 Å². The Hall–Kier alpha value is -1.08. The molecule has 1 aromatic rings. The highest BCUT2D eigenvalue weighted by Crippen LogP contribution is 2.40. The highest BCUT2D eigenvalue weighted by atomic mass is 79.9. The van der Waals surface area contributed by atoms with Crippen molar-refractivity contribution in [1.29, 1.82) is 0 Å². The maximum Gasteiger partial charge on any atom is 0.227 e. The van der Waals surface area contributed by atoms with Gasteiger partial charge in [-0.15, -0.1) is 0 Å². The summed E-state index contributed by atoms with van der Waals surface area (Å²) in [6, 6.07) is 3.16. The molecule has 1 amide bonds. The Morgan fingerprint density at radius 2 is 2.21 bits per heavy atom. The summed E-state index contributed by atoms with van der Waals surface area (Å²) in [4.78, 5) is 16.9. The zero-order valence-corrected chi connectivity index (χ0v) is 15.8. The molecule has 2 aliphatic rings.